The van der Waals surface area contributed by atoms with Crippen LogP contribution in [-0.2, 0) is 14.3 Å². The molecule has 32 heavy (non-hydrogen) atoms. The fraction of sp³-hybridized carbons (Fsp3) is 0.348. The molecule has 1 aliphatic carbocycles. The van der Waals surface area contributed by atoms with Crippen LogP contribution in [0.3, 0.4) is 0 Å². The summed E-state index contributed by atoms with van der Waals surface area (Å²) in [6.45, 7) is 1.05. The lowest BCUT2D eigenvalue weighted by atomic mass is 9.98. The van der Waals surface area contributed by atoms with Gasteiger partial charge in [-0.3, -0.25) is 4.79 Å². The first-order valence-corrected chi connectivity index (χ1v) is 11.3. The third-order valence-corrected chi connectivity index (χ3v) is 6.26. The number of aliphatic carboxylic acids is 1. The summed E-state index contributed by atoms with van der Waals surface area (Å²) in [5.41, 5.74) is 2.88. The molecule has 0 fully saturated rings. The Morgan fingerprint density at radius 3 is 2.22 bits per heavy atom. The lowest BCUT2D eigenvalue weighted by molar-refractivity contribution is -0.148. The fourth-order valence-corrected chi connectivity index (χ4v) is 4.19. The van der Waals surface area contributed by atoms with Crippen molar-refractivity contribution in [2.24, 2.45) is 0 Å². The number of ether oxygens (including phenoxy) is 1. The van der Waals surface area contributed by atoms with Gasteiger partial charge in [0, 0.05) is 18.2 Å². The third kappa shape index (κ3) is 5.41. The number of carbonyl (C=O) groups excluding carboxylic acids is 2. The number of rotatable bonds is 10. The molecule has 0 radical (unpaired) electrons. The summed E-state index contributed by atoms with van der Waals surface area (Å²) >= 11 is 1.23. The molecule has 0 aliphatic heterocycles. The Balaban J connectivity index is 1.39. The van der Waals surface area contributed by atoms with Crippen LogP contribution in [0.1, 0.15) is 24.0 Å². The smallest absolute Gasteiger partial charge is 0.407 e. The number of carbonyl (C=O) groups is 3. The van der Waals surface area contributed by atoms with Crippen molar-refractivity contribution in [1.29, 1.82) is 0 Å². The molecule has 170 valence electrons. The summed E-state index contributed by atoms with van der Waals surface area (Å²) in [5, 5.41) is 23.1. The molecule has 0 bridgehead atoms. The zero-order valence-corrected chi connectivity index (χ0v) is 18.5. The van der Waals surface area contributed by atoms with Crippen molar-refractivity contribution in [2.45, 2.75) is 18.4 Å². The molecule has 0 heterocycles. The number of carboxylic acids is 1. The van der Waals surface area contributed by atoms with Gasteiger partial charge in [-0.05, 0) is 29.2 Å². The predicted octanol–water partition coefficient (Wildman–Crippen LogP) is 2.21. The van der Waals surface area contributed by atoms with E-state index in [2.05, 4.69) is 34.9 Å². The van der Waals surface area contributed by atoms with Crippen molar-refractivity contribution >= 4 is 29.7 Å². The first kappa shape index (κ1) is 23.6. The molecule has 0 spiro atoms. The highest BCUT2D eigenvalue weighted by Gasteiger charge is 2.34. The Labute approximate surface area is 190 Å². The number of aliphatic hydroxyl groups excluding tert-OH is 1. The van der Waals surface area contributed by atoms with Crippen molar-refractivity contribution in [1.82, 2.24) is 10.6 Å². The van der Waals surface area contributed by atoms with Crippen molar-refractivity contribution in [3.63, 3.8) is 0 Å². The maximum atomic E-state index is 12.1. The van der Waals surface area contributed by atoms with Gasteiger partial charge in [-0.15, -0.1) is 0 Å². The Bertz CT molecular complexity index is 952. The molecule has 9 heteroatoms. The number of nitrogens with one attached hydrogen (secondary N) is 2. The molecule has 0 saturated heterocycles. The fourth-order valence-electron chi connectivity index (χ4n) is 3.54. The Kier molecular flexibility index (Phi) is 7.76. The second kappa shape index (κ2) is 10.5. The average Bonchev–Trinajstić information content (AvgIpc) is 3.11. The van der Waals surface area contributed by atoms with Crippen LogP contribution < -0.4 is 10.6 Å². The van der Waals surface area contributed by atoms with E-state index in [4.69, 9.17) is 14.9 Å². The van der Waals surface area contributed by atoms with Crippen molar-refractivity contribution in [3.8, 4) is 11.1 Å². The number of fused-ring (bicyclic) bond motifs is 3. The molecule has 2 aromatic rings. The van der Waals surface area contributed by atoms with E-state index in [9.17, 15) is 14.4 Å². The maximum Gasteiger partial charge on any atom is 0.407 e. The summed E-state index contributed by atoms with van der Waals surface area (Å²) in [7, 11) is 0. The standard InChI is InChI=1S/C23H26N2O6S/c1-23(14-26,21(28)29)25-20(27)13-32-11-10-24-22(30)31-12-19-17-8-4-2-6-15(17)16-7-3-5-9-18(16)19/h2-9,19,26H,10-14H2,1H3,(H,24,30)(H,25,27)(H,28,29). The second-order valence-electron chi connectivity index (χ2n) is 7.65. The van der Waals surface area contributed by atoms with Crippen LogP contribution in [0.15, 0.2) is 48.5 Å². The quantitative estimate of drug-likeness (QED) is 0.402. The number of thioether (sulfide) groups is 1. The number of hydrogen-bond acceptors (Lipinski definition) is 6. The summed E-state index contributed by atoms with van der Waals surface area (Å²) in [4.78, 5) is 35.0. The van der Waals surface area contributed by atoms with E-state index < -0.39 is 30.1 Å². The van der Waals surface area contributed by atoms with E-state index in [1.807, 2.05) is 24.3 Å². The van der Waals surface area contributed by atoms with Crippen LogP contribution in [0, 0.1) is 0 Å². The predicted molar refractivity (Wildman–Crippen MR) is 122 cm³/mol. The molecule has 3 rings (SSSR count). The number of hydrogen-bond donors (Lipinski definition) is 4. The van der Waals surface area contributed by atoms with Gasteiger partial charge in [0.1, 0.15) is 6.61 Å². The van der Waals surface area contributed by atoms with Gasteiger partial charge >= 0.3 is 12.1 Å². The van der Waals surface area contributed by atoms with E-state index in [1.165, 1.54) is 18.7 Å². The molecule has 2 aromatic carbocycles. The van der Waals surface area contributed by atoms with Gasteiger partial charge in [0.15, 0.2) is 5.54 Å². The highest BCUT2D eigenvalue weighted by atomic mass is 32.2. The molecule has 8 nitrogen and oxygen atoms in total. The molecular weight excluding hydrogens is 432 g/mol. The van der Waals surface area contributed by atoms with Gasteiger partial charge < -0.3 is 25.6 Å². The zero-order chi connectivity index (χ0) is 23.1. The Morgan fingerprint density at radius 2 is 1.66 bits per heavy atom. The molecule has 1 atom stereocenters. The molecule has 4 N–H and O–H groups in total. The lowest BCUT2D eigenvalue weighted by Crippen LogP contribution is -2.55. The van der Waals surface area contributed by atoms with Crippen LogP contribution in [0.4, 0.5) is 4.79 Å². The van der Waals surface area contributed by atoms with Crippen molar-refractivity contribution in [3.05, 3.63) is 59.7 Å². The minimum Gasteiger partial charge on any atom is -0.479 e. The van der Waals surface area contributed by atoms with E-state index >= 15 is 0 Å². The monoisotopic (exact) mass is 458 g/mol. The third-order valence-electron chi connectivity index (χ3n) is 5.30. The van der Waals surface area contributed by atoms with Crippen molar-refractivity contribution < 1.29 is 29.3 Å². The summed E-state index contributed by atoms with van der Waals surface area (Å²) in [6, 6.07) is 16.2. The maximum absolute atomic E-state index is 12.1. The van der Waals surface area contributed by atoms with Gasteiger partial charge in [-0.25, -0.2) is 9.59 Å². The number of carboxylic acid groups (broad SMARTS) is 1. The first-order chi connectivity index (χ1) is 15.4. The second-order valence-corrected chi connectivity index (χ2v) is 8.75. The SMILES string of the molecule is CC(CO)(NC(=O)CSCCNC(=O)OCC1c2ccccc2-c2ccccc21)C(=O)O. The van der Waals surface area contributed by atoms with Gasteiger partial charge in [-0.1, -0.05) is 48.5 Å². The molecular formula is C23H26N2O6S. The zero-order valence-electron chi connectivity index (χ0n) is 17.7. The largest absolute Gasteiger partial charge is 0.479 e. The minimum atomic E-state index is -1.71. The highest BCUT2D eigenvalue weighted by molar-refractivity contribution is 7.99. The van der Waals surface area contributed by atoms with E-state index in [1.54, 1.807) is 0 Å². The minimum absolute atomic E-state index is 0.00917. The molecule has 1 unspecified atom stereocenters. The number of aliphatic hydroxyl groups is 1. The highest BCUT2D eigenvalue weighted by Crippen LogP contribution is 2.44. The Hall–Kier alpha value is -3.04. The van der Waals surface area contributed by atoms with Crippen LogP contribution in [0.5, 0.6) is 0 Å². The summed E-state index contributed by atoms with van der Waals surface area (Å²) < 4.78 is 5.44. The molecule has 1 aliphatic rings. The van der Waals surface area contributed by atoms with E-state index in [-0.39, 0.29) is 18.3 Å². The normalized spacial score (nSPS) is 14.1. The van der Waals surface area contributed by atoms with Gasteiger partial charge in [0.05, 0.1) is 12.4 Å². The summed E-state index contributed by atoms with van der Waals surface area (Å²) in [6.07, 6.45) is -0.532. The molecule has 0 saturated carbocycles. The number of alkyl carbamates (subject to hydrolysis) is 1. The summed E-state index contributed by atoms with van der Waals surface area (Å²) in [5.74, 6) is -1.37. The topological polar surface area (TPSA) is 125 Å². The lowest BCUT2D eigenvalue weighted by Gasteiger charge is -2.23. The average molecular weight is 459 g/mol. The van der Waals surface area contributed by atoms with E-state index in [0.29, 0.717) is 12.3 Å². The molecule has 0 aromatic heterocycles. The van der Waals surface area contributed by atoms with Gasteiger partial charge in [-0.2, -0.15) is 11.8 Å². The van der Waals surface area contributed by atoms with E-state index in [0.717, 1.165) is 22.3 Å². The van der Waals surface area contributed by atoms with Gasteiger partial charge in [0.25, 0.3) is 0 Å². The van der Waals surface area contributed by atoms with Gasteiger partial charge in [0.2, 0.25) is 5.91 Å². The van der Waals surface area contributed by atoms with Crippen LogP contribution in [-0.4, -0.2) is 65.0 Å². The van der Waals surface area contributed by atoms with Crippen LogP contribution in [0.2, 0.25) is 0 Å². The number of amides is 2. The molecule has 2 amide bonds. The van der Waals surface area contributed by atoms with Crippen molar-refractivity contribution in [2.75, 3.05) is 31.3 Å². The van der Waals surface area contributed by atoms with Crippen LogP contribution >= 0.6 is 11.8 Å². The number of benzene rings is 2. The Morgan fingerprint density at radius 1 is 1.06 bits per heavy atom. The first-order valence-electron chi connectivity index (χ1n) is 10.2. The van der Waals surface area contributed by atoms with Crippen LogP contribution in [0.25, 0.3) is 11.1 Å².